The first-order valence-electron chi connectivity index (χ1n) is 7.77. The Balaban J connectivity index is 1.74. The summed E-state index contributed by atoms with van der Waals surface area (Å²) in [4.78, 5) is 2.25. The molecule has 0 unspecified atom stereocenters. The van der Waals surface area contributed by atoms with E-state index in [1.165, 1.54) is 15.4 Å². The van der Waals surface area contributed by atoms with Crippen LogP contribution in [0.4, 0.5) is 0 Å². The van der Waals surface area contributed by atoms with Gasteiger partial charge in [0.25, 0.3) is 10.2 Å². The maximum absolute atomic E-state index is 11.4. The van der Waals surface area contributed by atoms with Gasteiger partial charge in [0.2, 0.25) is 0 Å². The Morgan fingerprint density at radius 3 is 2.21 bits per heavy atom. The smallest absolute Gasteiger partial charge is 0.276 e. The monoisotopic (exact) mass is 365 g/mol. The van der Waals surface area contributed by atoms with Gasteiger partial charge in [0.15, 0.2) is 0 Å². The second-order valence-electron chi connectivity index (χ2n) is 5.88. The summed E-state index contributed by atoms with van der Waals surface area (Å²) in [6.07, 6.45) is 0. The molecule has 1 fully saturated rings. The number of hydrogen-bond donors (Lipinski definition) is 1. The van der Waals surface area contributed by atoms with Crippen LogP contribution in [-0.2, 0) is 16.8 Å². The molecule has 0 atom stereocenters. The average Bonchev–Trinajstić information content (AvgIpc) is 2.56. The molecule has 0 saturated carbocycles. The third kappa shape index (κ3) is 4.15. The van der Waals surface area contributed by atoms with Crippen LogP contribution < -0.4 is 5.14 Å². The van der Waals surface area contributed by atoms with Gasteiger partial charge in [-0.15, -0.1) is 0 Å². The lowest BCUT2D eigenvalue weighted by molar-refractivity contribution is 0.182. The highest BCUT2D eigenvalue weighted by molar-refractivity contribution is 7.86. The van der Waals surface area contributed by atoms with Gasteiger partial charge < -0.3 is 0 Å². The maximum Gasteiger partial charge on any atom is 0.276 e. The van der Waals surface area contributed by atoms with E-state index in [9.17, 15) is 8.42 Å². The van der Waals surface area contributed by atoms with Crippen LogP contribution in [0.5, 0.6) is 0 Å². The highest BCUT2D eigenvalue weighted by Gasteiger charge is 2.24. The Hall–Kier alpha value is -1.44. The Kier molecular flexibility index (Phi) is 5.22. The Morgan fingerprint density at radius 1 is 0.958 bits per heavy atom. The van der Waals surface area contributed by atoms with Gasteiger partial charge in [0.05, 0.1) is 0 Å². The van der Waals surface area contributed by atoms with Crippen molar-refractivity contribution >= 4 is 21.8 Å². The lowest BCUT2D eigenvalue weighted by Gasteiger charge is -2.33. The van der Waals surface area contributed by atoms with Crippen LogP contribution in [0, 0.1) is 0 Å². The molecule has 0 spiro atoms. The van der Waals surface area contributed by atoms with Gasteiger partial charge in [-0.1, -0.05) is 48.0 Å². The Bertz CT molecular complexity index is 801. The first kappa shape index (κ1) is 17.4. The standard InChI is InChI=1S/C17H20ClN3O2S/c18-16-7-5-14(6-8-16)17-4-2-1-3-15(17)13-20-9-11-21(12-10-20)24(19,22)23/h1-8H,9-13H2,(H2,19,22,23). The van der Waals surface area contributed by atoms with Crippen molar-refractivity contribution in [2.75, 3.05) is 26.2 Å². The molecule has 7 heteroatoms. The first-order chi connectivity index (χ1) is 11.4. The number of piperazine rings is 1. The molecule has 1 heterocycles. The molecule has 0 radical (unpaired) electrons. The Labute approximate surface area is 147 Å². The molecular formula is C17H20ClN3O2S. The van der Waals surface area contributed by atoms with Gasteiger partial charge >= 0.3 is 0 Å². The van der Waals surface area contributed by atoms with Crippen molar-refractivity contribution in [2.24, 2.45) is 5.14 Å². The Morgan fingerprint density at radius 2 is 1.58 bits per heavy atom. The molecule has 128 valence electrons. The zero-order valence-electron chi connectivity index (χ0n) is 13.2. The second-order valence-corrected chi connectivity index (χ2v) is 7.87. The van der Waals surface area contributed by atoms with Gasteiger partial charge in [0, 0.05) is 37.7 Å². The van der Waals surface area contributed by atoms with E-state index in [2.05, 4.69) is 17.0 Å². The summed E-state index contributed by atoms with van der Waals surface area (Å²) in [6.45, 7) is 2.98. The quantitative estimate of drug-likeness (QED) is 0.904. The predicted octanol–water partition coefficient (Wildman–Crippen LogP) is 2.33. The molecule has 2 aromatic carbocycles. The van der Waals surface area contributed by atoms with Crippen LogP contribution >= 0.6 is 11.6 Å². The number of halogens is 1. The molecule has 1 aliphatic heterocycles. The van der Waals surface area contributed by atoms with E-state index in [0.29, 0.717) is 26.2 Å². The normalized spacial score (nSPS) is 17.1. The summed E-state index contributed by atoms with van der Waals surface area (Å²) >= 11 is 5.97. The van der Waals surface area contributed by atoms with Crippen molar-refractivity contribution in [3.8, 4) is 11.1 Å². The van der Waals surface area contributed by atoms with Gasteiger partial charge in [-0.2, -0.15) is 12.7 Å². The zero-order chi connectivity index (χ0) is 17.2. The van der Waals surface area contributed by atoms with E-state index in [4.69, 9.17) is 16.7 Å². The fourth-order valence-electron chi connectivity index (χ4n) is 2.95. The minimum absolute atomic E-state index is 0.432. The number of nitrogens with two attached hydrogens (primary N) is 1. The predicted molar refractivity (Wildman–Crippen MR) is 96.8 cm³/mol. The molecule has 5 nitrogen and oxygen atoms in total. The molecule has 24 heavy (non-hydrogen) atoms. The van der Waals surface area contributed by atoms with E-state index >= 15 is 0 Å². The van der Waals surface area contributed by atoms with Gasteiger partial charge in [0.1, 0.15) is 0 Å². The highest BCUT2D eigenvalue weighted by Crippen LogP contribution is 2.26. The maximum atomic E-state index is 11.4. The van der Waals surface area contributed by atoms with Gasteiger partial charge in [-0.25, -0.2) is 5.14 Å². The summed E-state index contributed by atoms with van der Waals surface area (Å²) in [5.41, 5.74) is 3.50. The molecule has 0 aliphatic carbocycles. The van der Waals surface area contributed by atoms with Crippen molar-refractivity contribution in [1.82, 2.24) is 9.21 Å². The minimum atomic E-state index is -3.58. The van der Waals surface area contributed by atoms with Crippen LogP contribution in [0.2, 0.25) is 5.02 Å². The fraction of sp³-hybridized carbons (Fsp3) is 0.294. The molecule has 0 amide bonds. The molecule has 1 aliphatic rings. The summed E-state index contributed by atoms with van der Waals surface area (Å²) < 4.78 is 24.1. The molecule has 0 aromatic heterocycles. The molecule has 2 aromatic rings. The van der Waals surface area contributed by atoms with Crippen molar-refractivity contribution < 1.29 is 8.42 Å². The molecule has 2 N–H and O–H groups in total. The van der Waals surface area contributed by atoms with E-state index < -0.39 is 10.2 Å². The number of nitrogens with zero attached hydrogens (tertiary/aromatic N) is 2. The summed E-state index contributed by atoms with van der Waals surface area (Å²) in [5, 5.41) is 5.91. The summed E-state index contributed by atoms with van der Waals surface area (Å²) in [5.74, 6) is 0. The minimum Gasteiger partial charge on any atom is -0.296 e. The van der Waals surface area contributed by atoms with Gasteiger partial charge in [-0.05, 0) is 28.8 Å². The molecular weight excluding hydrogens is 346 g/mol. The van der Waals surface area contributed by atoms with Crippen LogP contribution in [0.3, 0.4) is 0 Å². The van der Waals surface area contributed by atoms with Crippen LogP contribution in [0.15, 0.2) is 48.5 Å². The topological polar surface area (TPSA) is 66.6 Å². The largest absolute Gasteiger partial charge is 0.296 e. The number of rotatable bonds is 4. The lowest BCUT2D eigenvalue weighted by atomic mass is 9.99. The molecule has 1 saturated heterocycles. The SMILES string of the molecule is NS(=O)(=O)N1CCN(Cc2ccccc2-c2ccc(Cl)cc2)CC1. The van der Waals surface area contributed by atoms with E-state index in [-0.39, 0.29) is 0 Å². The fourth-order valence-corrected chi connectivity index (χ4v) is 3.75. The number of benzene rings is 2. The van der Waals surface area contributed by atoms with Crippen molar-refractivity contribution in [3.05, 3.63) is 59.1 Å². The first-order valence-corrected chi connectivity index (χ1v) is 9.66. The van der Waals surface area contributed by atoms with E-state index in [1.54, 1.807) is 0 Å². The third-order valence-electron chi connectivity index (χ3n) is 4.26. The third-order valence-corrected chi connectivity index (χ3v) is 5.59. The summed E-state index contributed by atoms with van der Waals surface area (Å²) in [6, 6.07) is 16.0. The van der Waals surface area contributed by atoms with Crippen molar-refractivity contribution in [1.29, 1.82) is 0 Å². The zero-order valence-corrected chi connectivity index (χ0v) is 14.8. The van der Waals surface area contributed by atoms with Crippen molar-refractivity contribution in [3.63, 3.8) is 0 Å². The highest BCUT2D eigenvalue weighted by atomic mass is 35.5. The van der Waals surface area contributed by atoms with Gasteiger partial charge in [-0.3, -0.25) is 4.90 Å². The van der Waals surface area contributed by atoms with Crippen molar-refractivity contribution in [2.45, 2.75) is 6.54 Å². The lowest BCUT2D eigenvalue weighted by Crippen LogP contribution is -2.50. The van der Waals surface area contributed by atoms with Crippen LogP contribution in [0.25, 0.3) is 11.1 Å². The molecule has 0 bridgehead atoms. The second kappa shape index (κ2) is 7.21. The van der Waals surface area contributed by atoms with E-state index in [1.807, 2.05) is 36.4 Å². The average molecular weight is 366 g/mol. The van der Waals surface area contributed by atoms with E-state index in [0.717, 1.165) is 17.1 Å². The van der Waals surface area contributed by atoms with Crippen LogP contribution in [0.1, 0.15) is 5.56 Å². The van der Waals surface area contributed by atoms with Crippen LogP contribution in [-0.4, -0.2) is 43.8 Å². The summed E-state index contributed by atoms with van der Waals surface area (Å²) in [7, 11) is -3.58. The molecule has 3 rings (SSSR count). The number of hydrogen-bond acceptors (Lipinski definition) is 3.